The predicted octanol–water partition coefficient (Wildman–Crippen LogP) is 4.49. The number of benzene rings is 2. The van der Waals surface area contributed by atoms with E-state index in [0.29, 0.717) is 55.3 Å². The Morgan fingerprint density at radius 1 is 1.14 bits per heavy atom. The van der Waals surface area contributed by atoms with Gasteiger partial charge in [-0.1, -0.05) is 9.95 Å². The summed E-state index contributed by atoms with van der Waals surface area (Å²) in [7, 11) is -3.44. The highest BCUT2D eigenvalue weighted by molar-refractivity contribution is 7.81. The number of nitrogens with one attached hydrogen (secondary N) is 1. The molecule has 0 aliphatic carbocycles. The Kier molecular flexibility index (Phi) is 5.41. The zero-order chi connectivity index (χ0) is 25.8. The van der Waals surface area contributed by atoms with Gasteiger partial charge >= 0.3 is 10.5 Å². The van der Waals surface area contributed by atoms with Crippen LogP contribution in [0.15, 0.2) is 53.6 Å². The van der Waals surface area contributed by atoms with E-state index in [1.165, 1.54) is 12.3 Å². The second-order valence-electron chi connectivity index (χ2n) is 8.53. The molecule has 5 rings (SSSR count). The molecule has 36 heavy (non-hydrogen) atoms. The van der Waals surface area contributed by atoms with Crippen LogP contribution in [0.1, 0.15) is 19.4 Å². The van der Waals surface area contributed by atoms with Crippen molar-refractivity contribution in [2.24, 2.45) is 7.05 Å². The van der Waals surface area contributed by atoms with Gasteiger partial charge in [0.05, 0.1) is 40.2 Å². The Labute approximate surface area is 204 Å². The molecular formula is C25H19FN4O5S. The van der Waals surface area contributed by atoms with Gasteiger partial charge in [-0.2, -0.15) is 13.7 Å². The van der Waals surface area contributed by atoms with Crippen LogP contribution in [0.5, 0.6) is 11.5 Å². The molecule has 11 heteroatoms. The number of pyridine rings is 2. The van der Waals surface area contributed by atoms with Crippen molar-refractivity contribution in [3.63, 3.8) is 0 Å². The summed E-state index contributed by atoms with van der Waals surface area (Å²) in [5.41, 5.74) is 2.95. The number of ether oxygens (including phenoxy) is 1. The minimum Gasteiger partial charge on any atom is -0.490 e. The number of aromatic nitrogens is 3. The molecule has 1 N–H and O–H groups in total. The minimum atomic E-state index is -5.24. The smallest absolute Gasteiger partial charge is 0.488 e. The highest BCUT2D eigenvalue weighted by atomic mass is 32.3. The van der Waals surface area contributed by atoms with Gasteiger partial charge in [0.1, 0.15) is 11.4 Å². The maximum Gasteiger partial charge on any atom is 0.488 e. The molecule has 5 aromatic rings. The van der Waals surface area contributed by atoms with Crippen LogP contribution in [-0.2, 0) is 17.6 Å². The molecule has 0 aliphatic rings. The molecule has 0 fully saturated rings. The van der Waals surface area contributed by atoms with Crippen molar-refractivity contribution < 1.29 is 21.2 Å². The van der Waals surface area contributed by atoms with Gasteiger partial charge in [-0.15, -0.1) is 0 Å². The lowest BCUT2D eigenvalue weighted by Crippen LogP contribution is -2.11. The number of fused-ring (bicyclic) bond motifs is 4. The number of nitriles is 1. The van der Waals surface area contributed by atoms with Crippen LogP contribution >= 0.6 is 0 Å². The van der Waals surface area contributed by atoms with Crippen molar-refractivity contribution in [2.75, 3.05) is 0 Å². The van der Waals surface area contributed by atoms with E-state index >= 15 is 0 Å². The first-order valence-corrected chi connectivity index (χ1v) is 12.1. The topological polar surface area (TPSA) is 127 Å². The number of aryl methyl sites for hydroxylation is 1. The summed E-state index contributed by atoms with van der Waals surface area (Å²) >= 11 is 0. The minimum absolute atomic E-state index is 0.215. The molecule has 0 spiro atoms. The van der Waals surface area contributed by atoms with Crippen molar-refractivity contribution in [2.45, 2.75) is 20.0 Å². The number of hydrogen-bond donors (Lipinski definition) is 1. The average Bonchev–Trinajstić information content (AvgIpc) is 3.20. The Bertz CT molecular complexity index is 1900. The molecule has 2 aromatic carbocycles. The van der Waals surface area contributed by atoms with E-state index in [4.69, 9.17) is 4.74 Å². The van der Waals surface area contributed by atoms with Crippen LogP contribution in [0.25, 0.3) is 44.0 Å². The molecule has 0 atom stereocenters. The maximum atomic E-state index is 13.7. The lowest BCUT2D eigenvalue weighted by Gasteiger charge is -2.17. The summed E-state index contributed by atoms with van der Waals surface area (Å²) in [6, 6.07) is 11.9. The van der Waals surface area contributed by atoms with Crippen LogP contribution in [0.3, 0.4) is 0 Å². The van der Waals surface area contributed by atoms with Crippen LogP contribution < -0.4 is 14.3 Å². The molecule has 0 saturated carbocycles. The number of halogens is 1. The fourth-order valence-electron chi connectivity index (χ4n) is 4.32. The molecule has 0 aliphatic heterocycles. The Hall–Kier alpha value is -4.43. The lowest BCUT2D eigenvalue weighted by molar-refractivity contribution is 0.244. The van der Waals surface area contributed by atoms with Crippen molar-refractivity contribution >= 4 is 43.3 Å². The summed E-state index contributed by atoms with van der Waals surface area (Å²) in [5.74, 6) is 0.0569. The Morgan fingerprint density at radius 2 is 1.92 bits per heavy atom. The van der Waals surface area contributed by atoms with Crippen molar-refractivity contribution in [1.82, 2.24) is 14.5 Å². The zero-order valence-corrected chi connectivity index (χ0v) is 20.2. The first-order valence-electron chi connectivity index (χ1n) is 10.8. The van der Waals surface area contributed by atoms with Gasteiger partial charge in [0, 0.05) is 35.3 Å². The van der Waals surface area contributed by atoms with Gasteiger partial charge in [-0.05, 0) is 44.2 Å². The normalized spacial score (nSPS) is 11.9. The second kappa shape index (κ2) is 8.35. The van der Waals surface area contributed by atoms with Gasteiger partial charge in [0.2, 0.25) is 0 Å². The Morgan fingerprint density at radius 3 is 2.61 bits per heavy atom. The van der Waals surface area contributed by atoms with Crippen LogP contribution in [0, 0.1) is 11.3 Å². The van der Waals surface area contributed by atoms with Gasteiger partial charge in [0.15, 0.2) is 11.2 Å². The second-order valence-corrected chi connectivity index (χ2v) is 9.48. The van der Waals surface area contributed by atoms with Crippen LogP contribution in [0.2, 0.25) is 0 Å². The van der Waals surface area contributed by atoms with E-state index in [0.717, 1.165) is 6.20 Å². The number of rotatable bonds is 5. The highest BCUT2D eigenvalue weighted by Gasteiger charge is 2.20. The van der Waals surface area contributed by atoms with E-state index in [1.54, 1.807) is 37.4 Å². The fourth-order valence-corrected chi connectivity index (χ4v) is 4.64. The number of nitrogens with zero attached hydrogens (tertiary/aromatic N) is 3. The third-order valence-electron chi connectivity index (χ3n) is 5.76. The van der Waals surface area contributed by atoms with Crippen LogP contribution in [0.4, 0.5) is 3.89 Å². The van der Waals surface area contributed by atoms with Crippen LogP contribution in [-0.4, -0.2) is 29.1 Å². The third kappa shape index (κ3) is 4.01. The summed E-state index contributed by atoms with van der Waals surface area (Å²) in [5, 5.41) is 10.8. The van der Waals surface area contributed by atoms with E-state index in [-0.39, 0.29) is 17.3 Å². The van der Waals surface area contributed by atoms with Crippen molar-refractivity contribution in [3.05, 3.63) is 64.6 Å². The Balaban J connectivity index is 1.83. The van der Waals surface area contributed by atoms with Crippen molar-refractivity contribution in [3.8, 4) is 28.7 Å². The molecule has 0 bridgehead atoms. The first kappa shape index (κ1) is 23.3. The molecule has 182 valence electrons. The zero-order valence-electron chi connectivity index (χ0n) is 19.4. The molecule has 0 unspecified atom stereocenters. The predicted molar refractivity (Wildman–Crippen MR) is 133 cm³/mol. The molecule has 0 radical (unpaired) electrons. The average molecular weight is 507 g/mol. The van der Waals surface area contributed by atoms with E-state index in [9.17, 15) is 22.4 Å². The maximum absolute atomic E-state index is 13.7. The SMILES string of the molecule is CC(C)Oc1cc2c(=O)c3c4ccc(C#N)cc4[nH]c3n(C)c2cc1-c1cncc(OS(=O)(=O)F)c1. The highest BCUT2D eigenvalue weighted by Crippen LogP contribution is 2.37. The van der Waals surface area contributed by atoms with Crippen molar-refractivity contribution in [1.29, 1.82) is 5.26 Å². The number of aromatic amines is 1. The largest absolute Gasteiger partial charge is 0.490 e. The summed E-state index contributed by atoms with van der Waals surface area (Å²) in [6.07, 6.45) is 2.28. The van der Waals surface area contributed by atoms with E-state index < -0.39 is 10.5 Å². The number of H-pyrrole nitrogens is 1. The molecule has 3 heterocycles. The standard InChI is InChI=1S/C25H19FN4O5S/c1-13(2)34-22-9-19-21(8-18(22)15-7-16(12-28-11-15)35-36(26,32)33)30(3)25-23(24(19)31)17-5-4-14(10-27)6-20(17)29-25/h4-9,11-13,29H,1-3H3. The third-order valence-corrected chi connectivity index (χ3v) is 6.15. The summed E-state index contributed by atoms with van der Waals surface area (Å²) in [4.78, 5) is 20.9. The molecule has 0 amide bonds. The molecule has 3 aromatic heterocycles. The number of hydrogen-bond acceptors (Lipinski definition) is 7. The van der Waals surface area contributed by atoms with Gasteiger partial charge in [0.25, 0.3) is 0 Å². The van der Waals surface area contributed by atoms with Gasteiger partial charge in [-0.25, -0.2) is 0 Å². The molecule has 0 saturated heterocycles. The summed E-state index contributed by atoms with van der Waals surface area (Å²) < 4.78 is 47.2. The molecule has 9 nitrogen and oxygen atoms in total. The van der Waals surface area contributed by atoms with E-state index in [1.807, 2.05) is 18.4 Å². The molecular weight excluding hydrogens is 487 g/mol. The lowest BCUT2D eigenvalue weighted by atomic mass is 10.0. The monoisotopic (exact) mass is 506 g/mol. The summed E-state index contributed by atoms with van der Waals surface area (Å²) in [6.45, 7) is 3.66. The quantitative estimate of drug-likeness (QED) is 0.348. The first-order chi connectivity index (χ1) is 17.1. The van der Waals surface area contributed by atoms with Gasteiger partial charge < -0.3 is 18.5 Å². The fraction of sp³-hybridized carbons (Fsp3) is 0.160. The van der Waals surface area contributed by atoms with E-state index in [2.05, 4.69) is 20.2 Å². The van der Waals surface area contributed by atoms with Gasteiger partial charge in [-0.3, -0.25) is 9.78 Å².